The van der Waals surface area contributed by atoms with Gasteiger partial charge in [-0.1, -0.05) is 6.92 Å². The second-order valence-corrected chi connectivity index (χ2v) is 5.06. The molecule has 1 rings (SSSR count). The molecule has 2 atom stereocenters. The summed E-state index contributed by atoms with van der Waals surface area (Å²) in [6.45, 7) is 4.53. The molecule has 1 fully saturated rings. The van der Waals surface area contributed by atoms with Crippen LogP contribution in [0.1, 0.15) is 13.3 Å². The summed E-state index contributed by atoms with van der Waals surface area (Å²) in [7, 11) is 2.06. The third-order valence-corrected chi connectivity index (χ3v) is 3.97. The molecule has 88 valence electrons. The van der Waals surface area contributed by atoms with Gasteiger partial charge in [0.25, 0.3) is 0 Å². The Hall–Kier alpha value is -0.260. The van der Waals surface area contributed by atoms with Crippen LogP contribution in [0.25, 0.3) is 0 Å². The van der Waals surface area contributed by atoms with Gasteiger partial charge in [-0.2, -0.15) is 0 Å². The summed E-state index contributed by atoms with van der Waals surface area (Å²) in [6.07, 6.45) is 0.852. The summed E-state index contributed by atoms with van der Waals surface area (Å²) in [5.41, 5.74) is 0. The van der Waals surface area contributed by atoms with E-state index in [9.17, 15) is 4.79 Å². The zero-order valence-corrected chi connectivity index (χ0v) is 10.1. The minimum absolute atomic E-state index is 0.183. The molecule has 0 spiro atoms. The third kappa shape index (κ3) is 4.40. The molecule has 1 saturated heterocycles. The van der Waals surface area contributed by atoms with Crippen LogP contribution in [0.5, 0.6) is 0 Å². The first-order valence-corrected chi connectivity index (χ1v) is 6.33. The second-order valence-electron chi connectivity index (χ2n) is 3.82. The molecule has 0 aromatic rings. The van der Waals surface area contributed by atoms with E-state index in [4.69, 9.17) is 9.84 Å². The summed E-state index contributed by atoms with van der Waals surface area (Å²) in [5, 5.41) is 8.59. The number of aliphatic carboxylic acids is 1. The Kier molecular flexibility index (Phi) is 5.42. The fourth-order valence-electron chi connectivity index (χ4n) is 1.55. The van der Waals surface area contributed by atoms with E-state index in [0.29, 0.717) is 6.42 Å². The summed E-state index contributed by atoms with van der Waals surface area (Å²) in [6, 6.07) is 0. The highest BCUT2D eigenvalue weighted by Crippen LogP contribution is 2.18. The molecule has 2 unspecified atom stereocenters. The van der Waals surface area contributed by atoms with E-state index in [2.05, 4.69) is 11.9 Å². The lowest BCUT2D eigenvalue weighted by atomic mass is 10.3. The minimum atomic E-state index is -0.716. The number of morpholine rings is 1. The van der Waals surface area contributed by atoms with E-state index in [0.717, 1.165) is 25.4 Å². The van der Waals surface area contributed by atoms with Crippen molar-refractivity contribution >= 4 is 17.7 Å². The fraction of sp³-hybridized carbons (Fsp3) is 0.900. The number of likely N-dealkylation sites (N-methyl/N-ethyl adjacent to an activating group) is 1. The molecule has 1 aliphatic rings. The average Bonchev–Trinajstić information content (AvgIpc) is 2.18. The first-order chi connectivity index (χ1) is 7.13. The molecule has 0 saturated carbocycles. The smallest absolute Gasteiger partial charge is 0.316 e. The lowest BCUT2D eigenvalue weighted by Crippen LogP contribution is -2.41. The van der Waals surface area contributed by atoms with Crippen LogP contribution in [0.2, 0.25) is 0 Å². The van der Waals surface area contributed by atoms with Crippen molar-refractivity contribution in [3.63, 3.8) is 0 Å². The van der Waals surface area contributed by atoms with Crippen molar-refractivity contribution in [3.8, 4) is 0 Å². The third-order valence-electron chi connectivity index (χ3n) is 2.47. The maximum absolute atomic E-state index is 10.8. The van der Waals surface area contributed by atoms with E-state index in [1.165, 1.54) is 11.8 Å². The predicted molar refractivity (Wildman–Crippen MR) is 61.4 cm³/mol. The molecule has 1 aliphatic heterocycles. The Morgan fingerprint density at radius 1 is 1.73 bits per heavy atom. The van der Waals surface area contributed by atoms with Gasteiger partial charge in [0.2, 0.25) is 0 Å². The van der Waals surface area contributed by atoms with Crippen LogP contribution < -0.4 is 0 Å². The topological polar surface area (TPSA) is 49.8 Å². The van der Waals surface area contributed by atoms with Crippen molar-refractivity contribution in [1.29, 1.82) is 0 Å². The van der Waals surface area contributed by atoms with E-state index >= 15 is 0 Å². The van der Waals surface area contributed by atoms with Crippen LogP contribution >= 0.6 is 11.8 Å². The van der Waals surface area contributed by atoms with Crippen LogP contribution in [-0.2, 0) is 9.53 Å². The van der Waals surface area contributed by atoms with Crippen molar-refractivity contribution in [1.82, 2.24) is 4.90 Å². The van der Waals surface area contributed by atoms with Gasteiger partial charge in [-0.05, 0) is 13.5 Å². The van der Waals surface area contributed by atoms with Crippen molar-refractivity contribution in [2.45, 2.75) is 24.7 Å². The Labute approximate surface area is 95.0 Å². The Morgan fingerprint density at radius 3 is 3.00 bits per heavy atom. The quantitative estimate of drug-likeness (QED) is 0.765. The maximum atomic E-state index is 10.8. The minimum Gasteiger partial charge on any atom is -0.480 e. The molecule has 0 aromatic carbocycles. The molecule has 0 aliphatic carbocycles. The molecule has 0 aromatic heterocycles. The number of hydrogen-bond acceptors (Lipinski definition) is 4. The number of carboxylic acids is 1. The lowest BCUT2D eigenvalue weighted by Gasteiger charge is -2.30. The zero-order valence-electron chi connectivity index (χ0n) is 9.31. The number of carboxylic acid groups (broad SMARTS) is 1. The molecule has 0 amide bonds. The van der Waals surface area contributed by atoms with Gasteiger partial charge in [0.15, 0.2) is 0 Å². The monoisotopic (exact) mass is 233 g/mol. The summed E-state index contributed by atoms with van der Waals surface area (Å²) in [4.78, 5) is 13.0. The summed E-state index contributed by atoms with van der Waals surface area (Å²) < 4.78 is 5.57. The zero-order chi connectivity index (χ0) is 11.3. The highest BCUT2D eigenvalue weighted by molar-refractivity contribution is 8.00. The van der Waals surface area contributed by atoms with Gasteiger partial charge in [-0.3, -0.25) is 4.79 Å². The predicted octanol–water partition coefficient (Wildman–Crippen LogP) is 0.913. The Balaban J connectivity index is 2.26. The van der Waals surface area contributed by atoms with Gasteiger partial charge in [0, 0.05) is 18.8 Å². The molecular weight excluding hydrogens is 214 g/mol. The number of nitrogens with zero attached hydrogens (tertiary/aromatic N) is 1. The molecule has 0 bridgehead atoms. The molecule has 4 nitrogen and oxygen atoms in total. The number of hydrogen-bond donors (Lipinski definition) is 1. The highest BCUT2D eigenvalue weighted by Gasteiger charge is 2.21. The average molecular weight is 233 g/mol. The van der Waals surface area contributed by atoms with Crippen LogP contribution in [0, 0.1) is 0 Å². The van der Waals surface area contributed by atoms with Crippen molar-refractivity contribution < 1.29 is 14.6 Å². The van der Waals surface area contributed by atoms with Gasteiger partial charge in [0.05, 0.1) is 12.7 Å². The summed E-state index contributed by atoms with van der Waals surface area (Å²) >= 11 is 1.49. The second kappa shape index (κ2) is 6.35. The fourth-order valence-corrected chi connectivity index (χ4v) is 2.58. The normalized spacial score (nSPS) is 25.1. The van der Waals surface area contributed by atoms with E-state index in [-0.39, 0.29) is 11.4 Å². The first kappa shape index (κ1) is 12.8. The molecule has 1 heterocycles. The Morgan fingerprint density at radius 2 is 2.47 bits per heavy atom. The molecule has 0 radical (unpaired) electrons. The molecule has 1 N–H and O–H groups in total. The van der Waals surface area contributed by atoms with Crippen LogP contribution in [0.3, 0.4) is 0 Å². The maximum Gasteiger partial charge on any atom is 0.316 e. The Bertz CT molecular complexity index is 213. The van der Waals surface area contributed by atoms with Crippen molar-refractivity contribution in [2.75, 3.05) is 32.5 Å². The van der Waals surface area contributed by atoms with Crippen molar-refractivity contribution in [3.05, 3.63) is 0 Å². The van der Waals surface area contributed by atoms with Crippen molar-refractivity contribution in [2.24, 2.45) is 0 Å². The van der Waals surface area contributed by atoms with Crippen LogP contribution in [0.15, 0.2) is 0 Å². The molecule has 15 heavy (non-hydrogen) atoms. The van der Waals surface area contributed by atoms with Gasteiger partial charge in [0.1, 0.15) is 5.25 Å². The number of rotatable bonds is 5. The summed E-state index contributed by atoms with van der Waals surface area (Å²) in [5.74, 6) is 0.0569. The number of carbonyl (C=O) groups is 1. The molecule has 5 heteroatoms. The van der Waals surface area contributed by atoms with E-state index in [1.807, 2.05) is 6.92 Å². The highest BCUT2D eigenvalue weighted by atomic mass is 32.2. The standard InChI is InChI=1S/C10H19NO3S/c1-3-9(10(12)13)15-7-8-6-11(2)4-5-14-8/h8-9H,3-7H2,1-2H3,(H,12,13). The lowest BCUT2D eigenvalue weighted by molar-refractivity contribution is -0.136. The SMILES string of the molecule is CCC(SCC1CN(C)CCO1)C(=O)O. The van der Waals surface area contributed by atoms with Gasteiger partial charge in [-0.15, -0.1) is 11.8 Å². The number of ether oxygens (including phenoxy) is 1. The van der Waals surface area contributed by atoms with Gasteiger partial charge < -0.3 is 14.7 Å². The van der Waals surface area contributed by atoms with Gasteiger partial charge >= 0.3 is 5.97 Å². The molecular formula is C10H19NO3S. The van der Waals surface area contributed by atoms with E-state index < -0.39 is 5.97 Å². The van der Waals surface area contributed by atoms with Crippen LogP contribution in [-0.4, -0.2) is 59.8 Å². The largest absolute Gasteiger partial charge is 0.480 e. The number of thioether (sulfide) groups is 1. The first-order valence-electron chi connectivity index (χ1n) is 5.28. The van der Waals surface area contributed by atoms with E-state index in [1.54, 1.807) is 0 Å². The van der Waals surface area contributed by atoms with Crippen LogP contribution in [0.4, 0.5) is 0 Å². The van der Waals surface area contributed by atoms with Gasteiger partial charge in [-0.25, -0.2) is 0 Å².